The highest BCUT2D eigenvalue weighted by Crippen LogP contribution is 1.51. The molecule has 0 unspecified atom stereocenters. The van der Waals surface area contributed by atoms with Crippen molar-refractivity contribution in [2.75, 3.05) is 0 Å². The molecule has 0 aromatic carbocycles. The van der Waals surface area contributed by atoms with E-state index in [9.17, 15) is 0 Å². The van der Waals surface area contributed by atoms with Gasteiger partial charge in [-0.1, -0.05) is 0 Å². The lowest BCUT2D eigenvalue weighted by molar-refractivity contribution is 0.415. The first-order valence-corrected chi connectivity index (χ1v) is 12.3. The smallest absolute Gasteiger partial charge is 0.312 e. The van der Waals surface area contributed by atoms with E-state index in [2.05, 4.69) is 0 Å². The van der Waals surface area contributed by atoms with Crippen molar-refractivity contribution < 1.29 is 69.9 Å². The first-order valence-electron chi connectivity index (χ1n) is 4.08. The fraction of sp³-hybridized carbons (Fsp3) is 1.00. The van der Waals surface area contributed by atoms with Crippen molar-refractivity contribution in [3.8, 4) is 0 Å². The second kappa shape index (κ2) is 86.2. The minimum atomic E-state index is -2.14. The summed E-state index contributed by atoms with van der Waals surface area (Å²) < 4.78 is 0. The number of rotatable bonds is 0. The van der Waals surface area contributed by atoms with Gasteiger partial charge in [-0.2, -0.15) is 0 Å². The zero-order valence-electron chi connectivity index (χ0n) is 11.7. The third-order valence-corrected chi connectivity index (χ3v) is 0. The van der Waals surface area contributed by atoms with Crippen LogP contribution in [0.1, 0.15) is 0 Å². The summed E-state index contributed by atoms with van der Waals surface area (Å²) in [4.78, 5) is 74.6. The Labute approximate surface area is 132 Å². The van der Waals surface area contributed by atoms with Crippen molar-refractivity contribution >= 4 is 48.6 Å². The molecule has 0 aliphatic carbocycles. The van der Waals surface area contributed by atoms with Gasteiger partial charge in [0.05, 0.1) is 0 Å². The van der Waals surface area contributed by atoms with Crippen molar-refractivity contribution in [3.05, 3.63) is 0 Å². The van der Waals surface area contributed by atoms with Crippen molar-refractivity contribution in [2.45, 2.75) is 13.1 Å². The summed E-state index contributed by atoms with van der Waals surface area (Å²) in [5.41, 5.74) is 0. The van der Waals surface area contributed by atoms with Crippen LogP contribution in [0.15, 0.2) is 0 Å². The van der Waals surface area contributed by atoms with E-state index in [-0.39, 0.29) is 21.9 Å². The lowest BCUT2D eigenvalue weighted by atomic mass is 11.9. The van der Waals surface area contributed by atoms with Crippen LogP contribution in [0.3, 0.4) is 0 Å². The van der Waals surface area contributed by atoms with Gasteiger partial charge in [0, 0.05) is 0 Å². The Morgan fingerprint density at radius 2 is 0.476 bits per heavy atom. The average Bonchev–Trinajstić information content (AvgIpc) is 2.03. The number of hydrogen-bond acceptors (Lipinski definition) is 10. The Kier molecular flexibility index (Phi) is 237. The normalized spacial score (nSPS) is 6.00. The molecule has 0 aliphatic rings. The second-order valence-electron chi connectivity index (χ2n) is 1.69. The predicted octanol–water partition coefficient (Wildman–Crippen LogP) is -11.7. The summed E-state index contributed by atoms with van der Waals surface area (Å²) in [6.07, 6.45) is 0. The van der Waals surface area contributed by atoms with E-state index in [1.165, 1.54) is 13.1 Å². The van der Waals surface area contributed by atoms with Crippen LogP contribution in [-0.4, -0.2) is 118 Å². The summed E-state index contributed by atoms with van der Waals surface area (Å²) in [5.74, 6) is 0. The molecule has 0 saturated heterocycles. The minimum Gasteiger partial charge on any atom is -0.415 e. The Hall–Kier alpha value is 0.524. The standard InChI is InChI=1S/2CH6O2Si.3H4O2Si.4H2O/c2*1-4(2)3;3*1-3-2;;;;/h2*2-4H,1H3;3*1-2H,3H2;4*1H2. The fourth-order valence-corrected chi connectivity index (χ4v) is 0. The lowest BCUT2D eigenvalue weighted by Gasteiger charge is -1.75. The average molecular weight is 421 g/mol. The Bertz CT molecular complexity index is 62.1. The van der Waals surface area contributed by atoms with E-state index in [0.717, 1.165) is 0 Å². The molecule has 0 aliphatic heterocycles. The van der Waals surface area contributed by atoms with Crippen LogP contribution in [0.5, 0.6) is 0 Å². The predicted molar refractivity (Wildman–Crippen MR) is 88.3 cm³/mol. The maximum Gasteiger partial charge on any atom is 0.312 e. The van der Waals surface area contributed by atoms with Crippen LogP contribution >= 0.6 is 0 Å². The molecule has 0 saturated carbocycles. The van der Waals surface area contributed by atoms with Crippen LogP contribution < -0.4 is 0 Å². The summed E-state index contributed by atoms with van der Waals surface area (Å²) in [5, 5.41) is 0. The summed E-state index contributed by atoms with van der Waals surface area (Å²) in [6.45, 7) is 2.83. The van der Waals surface area contributed by atoms with Crippen molar-refractivity contribution in [3.63, 3.8) is 0 Å². The van der Waals surface area contributed by atoms with Gasteiger partial charge < -0.3 is 69.9 Å². The third kappa shape index (κ3) is 25600. The highest BCUT2D eigenvalue weighted by molar-refractivity contribution is 6.39. The largest absolute Gasteiger partial charge is 0.415 e. The molecule has 0 rings (SSSR count). The van der Waals surface area contributed by atoms with Gasteiger partial charge in [-0.25, -0.2) is 0 Å². The molecule has 0 amide bonds. The maximum absolute atomic E-state index is 7.75. The van der Waals surface area contributed by atoms with Gasteiger partial charge in [0.2, 0.25) is 0 Å². The molecule has 0 radical (unpaired) electrons. The first-order chi connectivity index (χ1) is 7.71. The van der Waals surface area contributed by atoms with Crippen molar-refractivity contribution in [1.29, 1.82) is 0 Å². The van der Waals surface area contributed by atoms with Gasteiger partial charge in [0.25, 0.3) is 30.0 Å². The van der Waals surface area contributed by atoms with Crippen molar-refractivity contribution in [1.82, 2.24) is 0 Å². The van der Waals surface area contributed by atoms with E-state index in [0.29, 0.717) is 0 Å². The maximum atomic E-state index is 7.75. The molecule has 0 fully saturated rings. The molecule has 0 bridgehead atoms. The molecular weight excluding hydrogens is 388 g/mol. The lowest BCUT2D eigenvalue weighted by Crippen LogP contribution is -2.00. The molecule has 0 atom stereocenters. The zero-order valence-corrected chi connectivity index (χ0v) is 18.3. The number of hydrogen-bond donors (Lipinski definition) is 10. The quantitative estimate of drug-likeness (QED) is 0.165. The molecule has 0 aromatic heterocycles. The Balaban J connectivity index is -0.0000000118. The summed E-state index contributed by atoms with van der Waals surface area (Å²) in [6, 6.07) is 0. The molecule has 14 nitrogen and oxygen atoms in total. The van der Waals surface area contributed by atoms with E-state index >= 15 is 0 Å². The summed E-state index contributed by atoms with van der Waals surface area (Å²) >= 11 is 0. The molecule has 144 valence electrons. The molecule has 0 aromatic rings. The molecule has 19 heteroatoms. The van der Waals surface area contributed by atoms with Gasteiger partial charge in [-0.15, -0.1) is 0 Å². The minimum absolute atomic E-state index is 0. The van der Waals surface area contributed by atoms with Gasteiger partial charge in [0.1, 0.15) is 0 Å². The van der Waals surface area contributed by atoms with E-state index < -0.39 is 48.6 Å². The third-order valence-electron chi connectivity index (χ3n) is 0. The van der Waals surface area contributed by atoms with Crippen molar-refractivity contribution in [2.24, 2.45) is 0 Å². The van der Waals surface area contributed by atoms with E-state index in [1.54, 1.807) is 0 Å². The van der Waals surface area contributed by atoms with Crippen LogP contribution in [-0.2, 0) is 0 Å². The fourth-order valence-electron chi connectivity index (χ4n) is 0. The molecule has 21 heavy (non-hydrogen) atoms. The van der Waals surface area contributed by atoms with Gasteiger partial charge >= 0.3 is 18.6 Å². The van der Waals surface area contributed by atoms with Crippen LogP contribution in [0.2, 0.25) is 13.1 Å². The van der Waals surface area contributed by atoms with Gasteiger partial charge in [-0.3, -0.25) is 0 Å². The summed E-state index contributed by atoms with van der Waals surface area (Å²) in [7, 11) is -9.03. The van der Waals surface area contributed by atoms with Crippen LogP contribution in [0.4, 0.5) is 0 Å². The van der Waals surface area contributed by atoms with Crippen LogP contribution in [0.25, 0.3) is 0 Å². The van der Waals surface area contributed by atoms with E-state index in [1.807, 2.05) is 0 Å². The molecule has 0 spiro atoms. The van der Waals surface area contributed by atoms with Gasteiger partial charge in [0.15, 0.2) is 0 Å². The highest BCUT2D eigenvalue weighted by Gasteiger charge is 1.78. The first kappa shape index (κ1) is 57.8. The topological polar surface area (TPSA) is 328 Å². The molecule has 18 N–H and O–H groups in total. The SMILES string of the molecule is C[SiH](O)O.C[SiH](O)O.O.O.O.O.O[SiH2]O.O[SiH2]O.O[SiH2]O. The highest BCUT2D eigenvalue weighted by atomic mass is 28.3. The molecular formula is C2H32O14Si5. The second-order valence-corrected chi connectivity index (χ2v) is 5.06. The monoisotopic (exact) mass is 420 g/mol. The zero-order chi connectivity index (χ0) is 15.3. The Morgan fingerprint density at radius 3 is 0.476 bits per heavy atom. The van der Waals surface area contributed by atoms with Crippen LogP contribution in [0, 0.1) is 0 Å². The Morgan fingerprint density at radius 1 is 0.476 bits per heavy atom. The molecule has 0 heterocycles. The van der Waals surface area contributed by atoms with Gasteiger partial charge in [-0.05, 0) is 13.1 Å². The van der Waals surface area contributed by atoms with E-state index in [4.69, 9.17) is 48.0 Å².